The lowest BCUT2D eigenvalue weighted by atomic mass is 10.2. The van der Waals surface area contributed by atoms with Gasteiger partial charge in [0.05, 0.1) is 0 Å². The second-order valence-corrected chi connectivity index (χ2v) is 4.91. The molecule has 0 amide bonds. The highest BCUT2D eigenvalue weighted by Crippen LogP contribution is 2.25. The molecule has 17 heavy (non-hydrogen) atoms. The molecule has 0 aromatic carbocycles. The van der Waals surface area contributed by atoms with Crippen molar-refractivity contribution in [1.82, 2.24) is 9.38 Å². The molecule has 2 rings (SSSR count). The first-order valence-corrected chi connectivity index (χ1v) is 6.78. The highest BCUT2D eigenvalue weighted by Gasteiger charge is 2.20. The van der Waals surface area contributed by atoms with Crippen LogP contribution in [0.1, 0.15) is 37.7 Å². The Kier molecular flexibility index (Phi) is 3.47. The standard InChI is InChI=1S/C12H17N3OS/c1-4-9(3)14(5-2)11-10(8-16)15-6-7-17-12(15)13-11/h6-9H,4-5H2,1-3H3. The number of aromatic nitrogens is 2. The largest absolute Gasteiger partial charge is 0.352 e. The molecule has 0 aliphatic heterocycles. The molecular formula is C12H17N3OS. The number of aldehydes is 1. The zero-order valence-corrected chi connectivity index (χ0v) is 11.2. The number of fused-ring (bicyclic) bond motifs is 1. The fraction of sp³-hybridized carbons (Fsp3) is 0.500. The van der Waals surface area contributed by atoms with Crippen LogP contribution >= 0.6 is 11.3 Å². The van der Waals surface area contributed by atoms with Crippen LogP contribution in [0.3, 0.4) is 0 Å². The van der Waals surface area contributed by atoms with Crippen molar-refractivity contribution in [2.24, 2.45) is 0 Å². The summed E-state index contributed by atoms with van der Waals surface area (Å²) >= 11 is 1.55. The SMILES string of the molecule is CCC(C)N(CC)c1nc2sccn2c1C=O. The van der Waals surface area contributed by atoms with E-state index in [0.717, 1.165) is 30.0 Å². The lowest BCUT2D eigenvalue weighted by molar-refractivity contribution is 0.111. The van der Waals surface area contributed by atoms with Crippen molar-refractivity contribution in [2.45, 2.75) is 33.2 Å². The number of carbonyl (C=O) groups is 1. The van der Waals surface area contributed by atoms with Gasteiger partial charge in [-0.1, -0.05) is 6.92 Å². The molecule has 0 aliphatic carbocycles. The third-order valence-corrected chi connectivity index (χ3v) is 3.88. The Bertz CT molecular complexity index is 517. The molecule has 92 valence electrons. The Morgan fingerprint density at radius 1 is 1.59 bits per heavy atom. The molecule has 5 heteroatoms. The number of anilines is 1. The number of carbonyl (C=O) groups excluding carboxylic acids is 1. The van der Waals surface area contributed by atoms with Gasteiger partial charge in [-0.25, -0.2) is 4.98 Å². The van der Waals surface area contributed by atoms with Gasteiger partial charge in [-0.05, 0) is 20.3 Å². The maximum Gasteiger partial charge on any atom is 0.196 e. The second kappa shape index (κ2) is 4.87. The molecule has 4 nitrogen and oxygen atoms in total. The van der Waals surface area contributed by atoms with E-state index in [2.05, 4.69) is 30.7 Å². The third-order valence-electron chi connectivity index (χ3n) is 3.13. The van der Waals surface area contributed by atoms with Gasteiger partial charge in [0.15, 0.2) is 17.1 Å². The minimum absolute atomic E-state index is 0.392. The van der Waals surface area contributed by atoms with Crippen molar-refractivity contribution in [1.29, 1.82) is 0 Å². The van der Waals surface area contributed by atoms with Crippen LogP contribution in [-0.2, 0) is 0 Å². The molecule has 1 atom stereocenters. The quantitative estimate of drug-likeness (QED) is 0.767. The van der Waals surface area contributed by atoms with E-state index in [-0.39, 0.29) is 0 Å². The van der Waals surface area contributed by atoms with E-state index in [1.165, 1.54) is 0 Å². The Hall–Kier alpha value is -1.36. The highest BCUT2D eigenvalue weighted by molar-refractivity contribution is 7.15. The van der Waals surface area contributed by atoms with Crippen molar-refractivity contribution in [2.75, 3.05) is 11.4 Å². The van der Waals surface area contributed by atoms with E-state index in [1.54, 1.807) is 11.3 Å². The number of hydrogen-bond donors (Lipinski definition) is 0. The van der Waals surface area contributed by atoms with Crippen molar-refractivity contribution < 1.29 is 4.79 Å². The maximum absolute atomic E-state index is 11.2. The fourth-order valence-corrected chi connectivity index (χ4v) is 2.72. The summed E-state index contributed by atoms with van der Waals surface area (Å²) in [6.07, 6.45) is 3.83. The van der Waals surface area contributed by atoms with Gasteiger partial charge in [-0.3, -0.25) is 9.20 Å². The summed E-state index contributed by atoms with van der Waals surface area (Å²) in [4.78, 5) is 18.9. The zero-order valence-electron chi connectivity index (χ0n) is 10.4. The second-order valence-electron chi connectivity index (χ2n) is 4.04. The van der Waals surface area contributed by atoms with Crippen LogP contribution in [0.2, 0.25) is 0 Å². The highest BCUT2D eigenvalue weighted by atomic mass is 32.1. The molecule has 0 spiro atoms. The van der Waals surface area contributed by atoms with Gasteiger partial charge in [0.1, 0.15) is 5.69 Å². The predicted molar refractivity (Wildman–Crippen MR) is 71.2 cm³/mol. The molecule has 1 unspecified atom stereocenters. The average molecular weight is 251 g/mol. The molecule has 0 radical (unpaired) electrons. The fourth-order valence-electron chi connectivity index (χ4n) is 2.00. The van der Waals surface area contributed by atoms with E-state index >= 15 is 0 Å². The normalized spacial score (nSPS) is 12.9. The van der Waals surface area contributed by atoms with Gasteiger partial charge in [0.25, 0.3) is 0 Å². The molecule has 0 fully saturated rings. The van der Waals surface area contributed by atoms with Gasteiger partial charge in [0, 0.05) is 24.2 Å². The maximum atomic E-state index is 11.2. The molecule has 0 N–H and O–H groups in total. The summed E-state index contributed by atoms with van der Waals surface area (Å²) in [5, 5.41) is 1.94. The van der Waals surface area contributed by atoms with Crippen LogP contribution in [0.5, 0.6) is 0 Å². The van der Waals surface area contributed by atoms with E-state index in [4.69, 9.17) is 0 Å². The van der Waals surface area contributed by atoms with E-state index in [0.29, 0.717) is 11.7 Å². The number of imidazole rings is 1. The lowest BCUT2D eigenvalue weighted by Gasteiger charge is -2.27. The molecule has 0 saturated heterocycles. The number of thiazole rings is 1. The minimum Gasteiger partial charge on any atom is -0.352 e. The topological polar surface area (TPSA) is 37.6 Å². The van der Waals surface area contributed by atoms with Crippen molar-refractivity contribution in [3.05, 3.63) is 17.3 Å². The molecule has 0 saturated carbocycles. The Balaban J connectivity index is 2.52. The Labute approximate surface area is 105 Å². The molecule has 2 heterocycles. The van der Waals surface area contributed by atoms with Gasteiger partial charge >= 0.3 is 0 Å². The minimum atomic E-state index is 0.392. The smallest absolute Gasteiger partial charge is 0.196 e. The van der Waals surface area contributed by atoms with Crippen molar-refractivity contribution >= 4 is 28.4 Å². The first kappa shape index (κ1) is 12.1. The lowest BCUT2D eigenvalue weighted by Crippen LogP contribution is -2.33. The summed E-state index contributed by atoms with van der Waals surface area (Å²) in [6, 6.07) is 0.392. The summed E-state index contributed by atoms with van der Waals surface area (Å²) in [5.41, 5.74) is 0.656. The first-order valence-electron chi connectivity index (χ1n) is 5.90. The zero-order chi connectivity index (χ0) is 12.4. The first-order chi connectivity index (χ1) is 8.22. The van der Waals surface area contributed by atoms with Crippen LogP contribution in [0, 0.1) is 0 Å². The summed E-state index contributed by atoms with van der Waals surface area (Å²) in [6.45, 7) is 7.26. The van der Waals surface area contributed by atoms with Gasteiger partial charge in [0.2, 0.25) is 0 Å². The van der Waals surface area contributed by atoms with E-state index in [9.17, 15) is 4.79 Å². The Morgan fingerprint density at radius 2 is 2.35 bits per heavy atom. The number of nitrogens with zero attached hydrogens (tertiary/aromatic N) is 3. The predicted octanol–water partition coefficient (Wildman–Crippen LogP) is 2.83. The van der Waals surface area contributed by atoms with Gasteiger partial charge in [-0.15, -0.1) is 11.3 Å². The van der Waals surface area contributed by atoms with Crippen molar-refractivity contribution in [3.63, 3.8) is 0 Å². The van der Waals surface area contributed by atoms with Crippen LogP contribution < -0.4 is 4.90 Å². The average Bonchev–Trinajstić information content (AvgIpc) is 2.89. The van der Waals surface area contributed by atoms with Crippen molar-refractivity contribution in [3.8, 4) is 0 Å². The third kappa shape index (κ3) is 1.95. The van der Waals surface area contributed by atoms with Gasteiger partial charge in [-0.2, -0.15) is 0 Å². The van der Waals surface area contributed by atoms with Crippen LogP contribution in [0.4, 0.5) is 5.82 Å². The molecule has 0 aliphatic rings. The summed E-state index contributed by atoms with van der Waals surface area (Å²) < 4.78 is 1.86. The van der Waals surface area contributed by atoms with Gasteiger partial charge < -0.3 is 4.90 Å². The molecular weight excluding hydrogens is 234 g/mol. The van der Waals surface area contributed by atoms with E-state index in [1.807, 2.05) is 16.0 Å². The molecule has 0 bridgehead atoms. The van der Waals surface area contributed by atoms with Crippen LogP contribution in [-0.4, -0.2) is 28.3 Å². The van der Waals surface area contributed by atoms with Crippen LogP contribution in [0.25, 0.3) is 4.96 Å². The van der Waals surface area contributed by atoms with E-state index < -0.39 is 0 Å². The monoisotopic (exact) mass is 251 g/mol. The molecule has 2 aromatic heterocycles. The van der Waals surface area contributed by atoms with Crippen LogP contribution in [0.15, 0.2) is 11.6 Å². The summed E-state index contributed by atoms with van der Waals surface area (Å²) in [5.74, 6) is 0.809. The Morgan fingerprint density at radius 3 is 2.94 bits per heavy atom. The summed E-state index contributed by atoms with van der Waals surface area (Å²) in [7, 11) is 0. The molecule has 2 aromatic rings. The number of rotatable bonds is 5. The number of hydrogen-bond acceptors (Lipinski definition) is 4.